The van der Waals surface area contributed by atoms with Gasteiger partial charge in [0.1, 0.15) is 11.9 Å². The first-order chi connectivity index (χ1) is 7.40. The second kappa shape index (κ2) is 5.01. The van der Waals surface area contributed by atoms with Crippen molar-refractivity contribution in [2.45, 2.75) is 40.2 Å². The Hall–Kier alpha value is -1.51. The predicted molar refractivity (Wildman–Crippen MR) is 64.6 cm³/mol. The summed E-state index contributed by atoms with van der Waals surface area (Å²) in [4.78, 5) is 10.7. The van der Waals surface area contributed by atoms with E-state index in [1.807, 2.05) is 26.8 Å². The molecule has 0 aliphatic carbocycles. The maximum absolute atomic E-state index is 10.7. The summed E-state index contributed by atoms with van der Waals surface area (Å²) in [5.74, 6) is 0.492. The minimum Gasteiger partial charge on any atom is -0.490 e. The number of primary amides is 1. The molecule has 1 rings (SSSR count). The number of carbonyl (C=O) groups excluding carboxylic acids is 1. The molecule has 0 saturated carbocycles. The van der Waals surface area contributed by atoms with Crippen molar-refractivity contribution in [3.8, 4) is 5.75 Å². The minimum absolute atomic E-state index is 0.182. The quantitative estimate of drug-likeness (QED) is 0.847. The van der Waals surface area contributed by atoms with Gasteiger partial charge in [-0.05, 0) is 50.5 Å². The van der Waals surface area contributed by atoms with Gasteiger partial charge in [-0.3, -0.25) is 4.79 Å². The molecule has 0 aliphatic heterocycles. The van der Waals surface area contributed by atoms with E-state index in [-0.39, 0.29) is 18.4 Å². The van der Waals surface area contributed by atoms with E-state index in [9.17, 15) is 4.79 Å². The fourth-order valence-corrected chi connectivity index (χ4v) is 1.60. The molecule has 0 aliphatic rings. The van der Waals surface area contributed by atoms with Crippen molar-refractivity contribution in [2.75, 3.05) is 0 Å². The van der Waals surface area contributed by atoms with Gasteiger partial charge in [0.2, 0.25) is 5.91 Å². The maximum Gasteiger partial charge on any atom is 0.221 e. The van der Waals surface area contributed by atoms with Crippen molar-refractivity contribution in [2.24, 2.45) is 5.73 Å². The summed E-state index contributed by atoms with van der Waals surface area (Å²) in [6, 6.07) is 4.09. The van der Waals surface area contributed by atoms with Crippen LogP contribution in [0, 0.1) is 20.8 Å². The number of hydrogen-bond donors (Lipinski definition) is 1. The van der Waals surface area contributed by atoms with Gasteiger partial charge in [0.05, 0.1) is 6.42 Å². The molecule has 1 unspecified atom stereocenters. The Morgan fingerprint density at radius 2 is 1.81 bits per heavy atom. The highest BCUT2D eigenvalue weighted by molar-refractivity contribution is 5.74. The smallest absolute Gasteiger partial charge is 0.221 e. The molecule has 0 heterocycles. The van der Waals surface area contributed by atoms with Crippen LogP contribution in [0.3, 0.4) is 0 Å². The fourth-order valence-electron chi connectivity index (χ4n) is 1.60. The van der Waals surface area contributed by atoms with Crippen molar-refractivity contribution in [1.82, 2.24) is 0 Å². The van der Waals surface area contributed by atoms with E-state index in [2.05, 4.69) is 13.0 Å². The third-order valence-corrected chi connectivity index (χ3v) is 2.61. The summed E-state index contributed by atoms with van der Waals surface area (Å²) in [6.07, 6.45) is 0.0603. The van der Waals surface area contributed by atoms with Crippen molar-refractivity contribution < 1.29 is 9.53 Å². The highest BCUT2D eigenvalue weighted by Gasteiger charge is 2.10. The lowest BCUT2D eigenvalue weighted by atomic mass is 10.1. The van der Waals surface area contributed by atoms with Crippen LogP contribution in [-0.2, 0) is 4.79 Å². The number of rotatable bonds is 4. The highest BCUT2D eigenvalue weighted by Crippen LogP contribution is 2.23. The Morgan fingerprint density at radius 3 is 2.38 bits per heavy atom. The number of ether oxygens (including phenoxy) is 1. The van der Waals surface area contributed by atoms with E-state index in [1.54, 1.807) is 0 Å². The first-order valence-electron chi connectivity index (χ1n) is 5.43. The molecule has 0 radical (unpaired) electrons. The zero-order chi connectivity index (χ0) is 12.3. The van der Waals surface area contributed by atoms with Crippen LogP contribution in [0.1, 0.15) is 30.0 Å². The summed E-state index contributed by atoms with van der Waals surface area (Å²) < 4.78 is 5.69. The summed E-state index contributed by atoms with van der Waals surface area (Å²) in [5, 5.41) is 0. The number of aryl methyl sites for hydroxylation is 3. The summed E-state index contributed by atoms with van der Waals surface area (Å²) >= 11 is 0. The minimum atomic E-state index is -0.339. The largest absolute Gasteiger partial charge is 0.490 e. The average molecular weight is 221 g/mol. The molecule has 1 amide bonds. The molecule has 3 heteroatoms. The predicted octanol–water partition coefficient (Wildman–Crippen LogP) is 2.25. The van der Waals surface area contributed by atoms with Gasteiger partial charge in [0, 0.05) is 0 Å². The summed E-state index contributed by atoms with van der Waals surface area (Å²) in [7, 11) is 0. The number of carbonyl (C=O) groups is 1. The molecule has 0 aromatic heterocycles. The third kappa shape index (κ3) is 3.26. The highest BCUT2D eigenvalue weighted by atomic mass is 16.5. The molecule has 1 aromatic rings. The number of benzene rings is 1. The normalized spacial score (nSPS) is 12.2. The molecule has 1 aromatic carbocycles. The van der Waals surface area contributed by atoms with E-state index in [1.165, 1.54) is 11.1 Å². The first-order valence-corrected chi connectivity index (χ1v) is 5.43. The molecule has 0 saturated heterocycles. The third-order valence-electron chi connectivity index (χ3n) is 2.61. The molecule has 3 nitrogen and oxygen atoms in total. The number of amides is 1. The zero-order valence-electron chi connectivity index (χ0n) is 10.3. The van der Waals surface area contributed by atoms with Gasteiger partial charge < -0.3 is 10.5 Å². The van der Waals surface area contributed by atoms with Crippen LogP contribution in [0.2, 0.25) is 0 Å². The Balaban J connectivity index is 2.81. The molecule has 0 bridgehead atoms. The maximum atomic E-state index is 10.7. The van der Waals surface area contributed by atoms with Crippen molar-refractivity contribution >= 4 is 5.91 Å². The van der Waals surface area contributed by atoms with Gasteiger partial charge in [0.25, 0.3) is 0 Å². The van der Waals surface area contributed by atoms with Gasteiger partial charge in [0.15, 0.2) is 0 Å². The Labute approximate surface area is 96.6 Å². The van der Waals surface area contributed by atoms with Gasteiger partial charge in [-0.1, -0.05) is 6.07 Å². The van der Waals surface area contributed by atoms with Gasteiger partial charge in [-0.2, -0.15) is 0 Å². The SMILES string of the molecule is Cc1cc(C)c(OC(C)CC(N)=O)cc1C. The molecular weight excluding hydrogens is 202 g/mol. The number of nitrogens with two attached hydrogens (primary N) is 1. The Morgan fingerprint density at radius 1 is 1.25 bits per heavy atom. The van der Waals surface area contributed by atoms with Crippen molar-refractivity contribution in [1.29, 1.82) is 0 Å². The van der Waals surface area contributed by atoms with Crippen molar-refractivity contribution in [3.05, 3.63) is 28.8 Å². The molecule has 0 fully saturated rings. The standard InChI is InChI=1S/C13H19NO2/c1-8-5-10(3)12(6-9(8)2)16-11(4)7-13(14)15/h5-6,11H,7H2,1-4H3,(H2,14,15). The topological polar surface area (TPSA) is 52.3 Å². The molecule has 88 valence electrons. The first kappa shape index (κ1) is 12.6. The zero-order valence-corrected chi connectivity index (χ0v) is 10.3. The number of hydrogen-bond acceptors (Lipinski definition) is 2. The second-order valence-corrected chi connectivity index (χ2v) is 4.30. The lowest BCUT2D eigenvalue weighted by molar-refractivity contribution is -0.119. The van der Waals surface area contributed by atoms with E-state index in [4.69, 9.17) is 10.5 Å². The van der Waals surface area contributed by atoms with Crippen LogP contribution in [0.5, 0.6) is 5.75 Å². The molecule has 1 atom stereocenters. The van der Waals surface area contributed by atoms with Crippen LogP contribution in [0.15, 0.2) is 12.1 Å². The Bertz CT molecular complexity index is 399. The van der Waals surface area contributed by atoms with Crippen LogP contribution < -0.4 is 10.5 Å². The van der Waals surface area contributed by atoms with E-state index in [0.29, 0.717) is 0 Å². The molecule has 0 spiro atoms. The fraction of sp³-hybridized carbons (Fsp3) is 0.462. The summed E-state index contributed by atoms with van der Waals surface area (Å²) in [5.41, 5.74) is 8.63. The van der Waals surface area contributed by atoms with Crippen LogP contribution in [-0.4, -0.2) is 12.0 Å². The van der Waals surface area contributed by atoms with Gasteiger partial charge in [-0.15, -0.1) is 0 Å². The monoisotopic (exact) mass is 221 g/mol. The molecular formula is C13H19NO2. The van der Waals surface area contributed by atoms with Crippen LogP contribution in [0.25, 0.3) is 0 Å². The average Bonchev–Trinajstić information content (AvgIpc) is 2.12. The second-order valence-electron chi connectivity index (χ2n) is 4.30. The summed E-state index contributed by atoms with van der Waals surface area (Å²) in [6.45, 7) is 7.96. The Kier molecular flexibility index (Phi) is 3.93. The van der Waals surface area contributed by atoms with Crippen molar-refractivity contribution in [3.63, 3.8) is 0 Å². The van der Waals surface area contributed by atoms with Crippen LogP contribution in [0.4, 0.5) is 0 Å². The lowest BCUT2D eigenvalue weighted by Crippen LogP contribution is -2.22. The van der Waals surface area contributed by atoms with E-state index < -0.39 is 0 Å². The van der Waals surface area contributed by atoms with Crippen LogP contribution >= 0.6 is 0 Å². The van der Waals surface area contributed by atoms with E-state index >= 15 is 0 Å². The lowest BCUT2D eigenvalue weighted by Gasteiger charge is -2.16. The van der Waals surface area contributed by atoms with Gasteiger partial charge >= 0.3 is 0 Å². The molecule has 2 N–H and O–H groups in total. The van der Waals surface area contributed by atoms with Gasteiger partial charge in [-0.25, -0.2) is 0 Å². The van der Waals surface area contributed by atoms with E-state index in [0.717, 1.165) is 11.3 Å². The molecule has 16 heavy (non-hydrogen) atoms.